The molecule has 0 bridgehead atoms. The SMILES string of the molecule is O=C(CCCCC[n+]1c(/C=C2\C=C(N3CCN(C4=[N+](c5ccccc5)c5ccccc5/C(=C/c5sc6ccccc6[n+]5CCCCCC(=O)ON5C(=O)C=CC5=O)C4)CC3)N(c3ccccc3)c3ccccc32)sc2ccccc21)ON1C(=O)C=CC1=O. The summed E-state index contributed by atoms with van der Waals surface area (Å²) in [6, 6.07) is 55.7. The van der Waals surface area contributed by atoms with Gasteiger partial charge < -0.3 is 14.6 Å². The Morgan fingerprint density at radius 3 is 1.58 bits per heavy atom. The lowest BCUT2D eigenvalue weighted by Crippen LogP contribution is -2.52. The number of anilines is 2. The number of allylic oxidation sites excluding steroid dienone is 2. The van der Waals surface area contributed by atoms with Crippen LogP contribution in [0.1, 0.15) is 78.9 Å². The highest BCUT2D eigenvalue weighted by Crippen LogP contribution is 2.44. The topological polar surface area (TPSA) is 148 Å². The Morgan fingerprint density at radius 2 is 0.989 bits per heavy atom. The molecule has 440 valence electrons. The molecule has 2 aromatic heterocycles. The summed E-state index contributed by atoms with van der Waals surface area (Å²) in [7, 11) is 0. The van der Waals surface area contributed by atoms with Crippen molar-refractivity contribution in [2.75, 3.05) is 31.1 Å². The lowest BCUT2D eigenvalue weighted by Gasteiger charge is -2.42. The standard InChI is InChI=1S/C70H63N8O8S2/c79-63-35-36-64(80)77(63)85-69(83)33-9-3-19-39-73-57-29-15-17-31-59(57)87-67(73)47-49-45-61(75(51-21-5-1-6-22-51)55-27-13-11-25-53(49)55)71-41-43-72(44-42-71)62-46-50(54-26-12-14-28-56(54)76(62)52-23-7-2-8-24-52)48-68-74(58-30-16-18-32-60(58)88-68)40-20-4-10-34-70(84)86-78-65(81)37-38-66(78)82/h1-2,5-8,11-18,21-32,35-38,45,47-48H,3-4,9-10,19-20,33-34,39-44,46H2/q+3. The van der Waals surface area contributed by atoms with E-state index < -0.39 is 35.6 Å². The van der Waals surface area contributed by atoms with Crippen molar-refractivity contribution in [1.82, 2.24) is 24.5 Å². The number of amidine groups is 1. The predicted molar refractivity (Wildman–Crippen MR) is 341 cm³/mol. The molecule has 0 aliphatic carbocycles. The van der Waals surface area contributed by atoms with Gasteiger partial charge in [-0.25, -0.2) is 9.59 Å². The van der Waals surface area contributed by atoms with Crippen molar-refractivity contribution in [1.29, 1.82) is 0 Å². The molecule has 1 saturated heterocycles. The van der Waals surface area contributed by atoms with Crippen molar-refractivity contribution < 1.29 is 47.6 Å². The molecule has 5 aliphatic rings. The van der Waals surface area contributed by atoms with Crippen LogP contribution in [-0.2, 0) is 51.5 Å². The zero-order valence-corrected chi connectivity index (χ0v) is 50.0. The summed E-state index contributed by atoms with van der Waals surface area (Å²) >= 11 is 3.54. The van der Waals surface area contributed by atoms with Gasteiger partial charge in [0, 0.05) is 91.1 Å². The second-order valence-electron chi connectivity index (χ2n) is 22.0. The van der Waals surface area contributed by atoms with Crippen molar-refractivity contribution in [3.05, 3.63) is 215 Å². The number of thiazole rings is 2. The number of benzene rings is 6. The minimum atomic E-state index is -0.653. The summed E-state index contributed by atoms with van der Waals surface area (Å²) < 4.78 is 9.61. The second-order valence-corrected chi connectivity index (χ2v) is 24.1. The Morgan fingerprint density at radius 1 is 0.500 bits per heavy atom. The zero-order valence-electron chi connectivity index (χ0n) is 48.3. The first-order valence-corrected chi connectivity index (χ1v) is 31.5. The Balaban J connectivity index is 0.779. The molecular weight excluding hydrogens is 1140 g/mol. The van der Waals surface area contributed by atoms with E-state index in [2.05, 4.69) is 204 Å². The number of piperazine rings is 1. The number of aromatic nitrogens is 2. The van der Waals surface area contributed by atoms with Gasteiger partial charge in [0.05, 0.1) is 25.2 Å². The monoisotopic (exact) mass is 1210 g/mol. The Bertz CT molecular complexity index is 4230. The van der Waals surface area contributed by atoms with Crippen LogP contribution in [0.3, 0.4) is 0 Å². The van der Waals surface area contributed by atoms with Gasteiger partial charge in [0.2, 0.25) is 11.0 Å². The first-order valence-electron chi connectivity index (χ1n) is 29.9. The van der Waals surface area contributed by atoms with Crippen LogP contribution in [0.5, 0.6) is 0 Å². The number of aryl methyl sites for hydroxylation is 2. The number of carbonyl (C=O) groups is 6. The highest BCUT2D eigenvalue weighted by Gasteiger charge is 2.39. The number of nitrogens with zero attached hydrogens (tertiary/aromatic N) is 8. The smallest absolute Gasteiger partial charge is 0.333 e. The second kappa shape index (κ2) is 25.6. The van der Waals surface area contributed by atoms with Gasteiger partial charge >= 0.3 is 11.9 Å². The number of unbranched alkanes of at least 4 members (excludes halogenated alkanes) is 4. The third-order valence-corrected chi connectivity index (χ3v) is 18.6. The Labute approximate surface area is 516 Å². The summed E-state index contributed by atoms with van der Waals surface area (Å²) in [6.07, 6.45) is 16.5. The Kier molecular flexibility index (Phi) is 16.6. The molecule has 0 atom stereocenters. The van der Waals surface area contributed by atoms with Crippen molar-refractivity contribution in [2.45, 2.75) is 70.9 Å². The molecule has 4 amide bonds. The quantitative estimate of drug-likeness (QED) is 0.0433. The first kappa shape index (κ1) is 57.2. The molecule has 18 heteroatoms. The molecule has 0 saturated carbocycles. The van der Waals surface area contributed by atoms with Gasteiger partial charge in [-0.05, 0) is 91.4 Å². The number of hydroxylamine groups is 4. The third-order valence-electron chi connectivity index (χ3n) is 16.4. The number of para-hydroxylation sites is 6. The van der Waals surface area contributed by atoms with Crippen LogP contribution < -0.4 is 18.6 Å². The van der Waals surface area contributed by atoms with Crippen LogP contribution >= 0.6 is 22.7 Å². The summed E-state index contributed by atoms with van der Waals surface area (Å²) in [5, 5.41) is 3.28. The fraction of sp³-hybridized carbons (Fsp3) is 0.214. The highest BCUT2D eigenvalue weighted by molar-refractivity contribution is 7.19. The van der Waals surface area contributed by atoms with E-state index in [1.54, 1.807) is 22.7 Å². The van der Waals surface area contributed by atoms with Crippen molar-refractivity contribution in [3.8, 4) is 0 Å². The normalized spacial score (nSPS) is 16.7. The fourth-order valence-electron chi connectivity index (χ4n) is 12.1. The van der Waals surface area contributed by atoms with Gasteiger partial charge in [-0.1, -0.05) is 130 Å². The lowest BCUT2D eigenvalue weighted by atomic mass is 9.95. The Hall–Kier alpha value is -9.91. The number of amides is 4. The molecule has 0 spiro atoms. The molecule has 6 aromatic carbocycles. The van der Waals surface area contributed by atoms with E-state index in [-0.39, 0.29) is 12.8 Å². The van der Waals surface area contributed by atoms with Crippen molar-refractivity contribution in [3.63, 3.8) is 0 Å². The summed E-state index contributed by atoms with van der Waals surface area (Å²) in [5.74, 6) is -1.51. The highest BCUT2D eigenvalue weighted by atomic mass is 32.1. The number of imide groups is 2. The van der Waals surface area contributed by atoms with E-state index in [0.717, 1.165) is 150 Å². The minimum Gasteiger partial charge on any atom is -0.350 e. The number of hydrogen-bond acceptors (Lipinski definition) is 13. The van der Waals surface area contributed by atoms with Gasteiger partial charge in [-0.3, -0.25) is 29.0 Å². The zero-order chi connectivity index (χ0) is 60.1. The van der Waals surface area contributed by atoms with Crippen LogP contribution in [0.2, 0.25) is 0 Å². The molecule has 0 N–H and O–H groups in total. The average Bonchev–Trinajstić information content (AvgIpc) is 2.35. The van der Waals surface area contributed by atoms with Crippen molar-refractivity contribution >= 4 is 131 Å². The van der Waals surface area contributed by atoms with Gasteiger partial charge in [-0.2, -0.15) is 13.7 Å². The third kappa shape index (κ3) is 11.9. The molecule has 88 heavy (non-hydrogen) atoms. The van der Waals surface area contributed by atoms with Gasteiger partial charge in [-0.15, -0.1) is 0 Å². The first-order chi connectivity index (χ1) is 43.1. The molecule has 13 rings (SSSR count). The van der Waals surface area contributed by atoms with E-state index in [4.69, 9.17) is 9.68 Å². The van der Waals surface area contributed by atoms with Crippen LogP contribution in [-0.4, -0.2) is 87.5 Å². The summed E-state index contributed by atoms with van der Waals surface area (Å²) in [6.45, 7) is 4.52. The van der Waals surface area contributed by atoms with Crippen LogP contribution in [0.4, 0.5) is 22.7 Å². The molecule has 5 aliphatic heterocycles. The molecule has 0 radical (unpaired) electrons. The fourth-order valence-corrected chi connectivity index (χ4v) is 14.4. The van der Waals surface area contributed by atoms with Crippen LogP contribution in [0.25, 0.3) is 43.7 Å². The number of rotatable bonds is 19. The van der Waals surface area contributed by atoms with E-state index in [1.165, 1.54) is 26.4 Å². The molecule has 8 aromatic rings. The van der Waals surface area contributed by atoms with E-state index in [1.807, 2.05) is 0 Å². The van der Waals surface area contributed by atoms with Crippen LogP contribution in [0.15, 0.2) is 194 Å². The maximum Gasteiger partial charge on any atom is 0.333 e. The predicted octanol–water partition coefficient (Wildman–Crippen LogP) is 11.6. The lowest BCUT2D eigenvalue weighted by molar-refractivity contribution is -0.669. The van der Waals surface area contributed by atoms with E-state index in [9.17, 15) is 28.8 Å². The molecule has 7 heterocycles. The van der Waals surface area contributed by atoms with E-state index >= 15 is 0 Å². The average molecular weight is 1210 g/mol. The maximum absolute atomic E-state index is 12.6. The van der Waals surface area contributed by atoms with Crippen molar-refractivity contribution in [2.24, 2.45) is 0 Å². The molecule has 1 fully saturated rings. The van der Waals surface area contributed by atoms with Gasteiger partial charge in [0.15, 0.2) is 13.1 Å². The molecule has 0 unspecified atom stereocenters. The van der Waals surface area contributed by atoms with Crippen LogP contribution in [0, 0.1) is 0 Å². The number of hydrogen-bond donors (Lipinski definition) is 0. The number of carbonyl (C=O) groups excluding carboxylic acids is 6. The molecule has 16 nitrogen and oxygen atoms in total. The molecular formula is C70H63N8O8S2+3. The minimum absolute atomic E-state index is 0.0914. The largest absolute Gasteiger partial charge is 0.350 e. The van der Waals surface area contributed by atoms with E-state index in [0.29, 0.717) is 29.4 Å². The summed E-state index contributed by atoms with van der Waals surface area (Å²) in [4.78, 5) is 90.8. The number of fused-ring (bicyclic) bond motifs is 4. The maximum atomic E-state index is 12.6. The van der Waals surface area contributed by atoms with Gasteiger partial charge in [0.25, 0.3) is 39.5 Å². The summed E-state index contributed by atoms with van der Waals surface area (Å²) in [5.41, 5.74) is 11.3. The van der Waals surface area contributed by atoms with Gasteiger partial charge in [0.1, 0.15) is 39.7 Å².